The molecule has 0 saturated carbocycles. The van der Waals surface area contributed by atoms with Crippen molar-refractivity contribution in [2.75, 3.05) is 54.6 Å². The third-order valence-electron chi connectivity index (χ3n) is 10.2. The fraction of sp³-hybridized carbons (Fsp3) is 0.400. The molecule has 6 rings (SSSR count). The minimum Gasteiger partial charge on any atom is -0.496 e. The number of ether oxygens (including phenoxy) is 4. The first-order valence-electron chi connectivity index (χ1n) is 18.0. The van der Waals surface area contributed by atoms with E-state index in [0.29, 0.717) is 66.6 Å². The number of benzene rings is 2. The second kappa shape index (κ2) is 18.1. The highest BCUT2D eigenvalue weighted by Gasteiger charge is 2.25. The number of carbonyl (C=O) groups excluding carboxylic acids is 2. The molecule has 0 aliphatic carbocycles. The Kier molecular flexibility index (Phi) is 13.1. The number of halogens is 2. The van der Waals surface area contributed by atoms with Gasteiger partial charge in [0.25, 0.3) is 0 Å². The van der Waals surface area contributed by atoms with E-state index in [1.165, 1.54) is 14.2 Å². The third-order valence-corrected chi connectivity index (χ3v) is 11.0. The van der Waals surface area contributed by atoms with Gasteiger partial charge in [-0.05, 0) is 43.9 Å². The average molecular weight is 778 g/mol. The summed E-state index contributed by atoms with van der Waals surface area (Å²) in [5, 5.41) is 8.16. The molecule has 0 atom stereocenters. The number of rotatable bonds is 11. The van der Waals surface area contributed by atoms with Gasteiger partial charge >= 0.3 is 12.2 Å². The van der Waals surface area contributed by atoms with E-state index < -0.39 is 0 Å². The summed E-state index contributed by atoms with van der Waals surface area (Å²) in [6.45, 7) is 3.80. The zero-order chi connectivity index (χ0) is 38.2. The topological polar surface area (TPSA) is 127 Å². The van der Waals surface area contributed by atoms with E-state index in [9.17, 15) is 9.59 Å². The quantitative estimate of drug-likeness (QED) is 0.159. The zero-order valence-electron chi connectivity index (χ0n) is 31.0. The molecule has 0 spiro atoms. The van der Waals surface area contributed by atoms with Gasteiger partial charge in [0.05, 0.1) is 49.9 Å². The van der Waals surface area contributed by atoms with E-state index >= 15 is 0 Å². The fourth-order valence-electron chi connectivity index (χ4n) is 7.06. The monoisotopic (exact) mass is 776 g/mol. The number of hydrogen-bond donors (Lipinski definition) is 2. The van der Waals surface area contributed by atoms with Crippen LogP contribution in [0.15, 0.2) is 60.8 Å². The van der Waals surface area contributed by atoms with Crippen LogP contribution in [0.3, 0.4) is 0 Å². The number of aromatic nitrogens is 2. The first-order valence-corrected chi connectivity index (χ1v) is 18.8. The number of piperidine rings is 2. The minimum atomic E-state index is -0.285. The lowest BCUT2D eigenvalue weighted by Crippen LogP contribution is -2.44. The van der Waals surface area contributed by atoms with Gasteiger partial charge in [0.1, 0.15) is 5.75 Å². The van der Waals surface area contributed by atoms with Gasteiger partial charge in [-0.1, -0.05) is 59.6 Å². The first kappa shape index (κ1) is 39.1. The van der Waals surface area contributed by atoms with Crippen LogP contribution in [-0.2, 0) is 22.6 Å². The number of amides is 2. The highest BCUT2D eigenvalue weighted by atomic mass is 35.5. The van der Waals surface area contributed by atoms with Crippen molar-refractivity contribution in [3.05, 3.63) is 82.0 Å². The van der Waals surface area contributed by atoms with Crippen molar-refractivity contribution in [2.45, 2.75) is 50.9 Å². The summed E-state index contributed by atoms with van der Waals surface area (Å²) in [5.41, 5.74) is 6.24. The van der Waals surface area contributed by atoms with Crippen molar-refractivity contribution in [1.82, 2.24) is 30.4 Å². The van der Waals surface area contributed by atoms with Crippen molar-refractivity contribution in [1.29, 1.82) is 0 Å². The average Bonchev–Trinajstić information content (AvgIpc) is 3.22. The maximum absolute atomic E-state index is 11.8. The van der Waals surface area contributed by atoms with Crippen molar-refractivity contribution in [3.8, 4) is 45.3 Å². The molecular weight excluding hydrogens is 731 g/mol. The number of carbonyl (C=O) groups is 2. The molecule has 2 N–H and O–H groups in total. The smallest absolute Gasteiger partial charge is 0.409 e. The predicted molar refractivity (Wildman–Crippen MR) is 209 cm³/mol. The molecule has 14 heteroatoms. The maximum Gasteiger partial charge on any atom is 0.409 e. The minimum absolute atomic E-state index is 0.266. The molecule has 2 aromatic carbocycles. The van der Waals surface area contributed by atoms with E-state index in [1.54, 1.807) is 30.2 Å². The Morgan fingerprint density at radius 3 is 1.89 bits per heavy atom. The Morgan fingerprint density at radius 2 is 1.30 bits per heavy atom. The van der Waals surface area contributed by atoms with Gasteiger partial charge in [0.2, 0.25) is 5.88 Å². The Labute approximate surface area is 326 Å². The van der Waals surface area contributed by atoms with Crippen molar-refractivity contribution < 1.29 is 28.5 Å². The van der Waals surface area contributed by atoms with E-state index in [4.69, 9.17) is 47.1 Å². The van der Waals surface area contributed by atoms with Gasteiger partial charge in [0, 0.05) is 90.9 Å². The van der Waals surface area contributed by atoms with Crippen LogP contribution in [0, 0.1) is 0 Å². The van der Waals surface area contributed by atoms with Gasteiger partial charge < -0.3 is 39.4 Å². The molecule has 0 unspecified atom stereocenters. The number of pyridine rings is 2. The molecule has 4 aromatic rings. The van der Waals surface area contributed by atoms with Crippen LogP contribution in [0.5, 0.6) is 11.6 Å². The van der Waals surface area contributed by atoms with Crippen LogP contribution in [-0.4, -0.2) is 98.7 Å². The van der Waals surface area contributed by atoms with Crippen LogP contribution in [0.25, 0.3) is 33.6 Å². The molecule has 4 heterocycles. The van der Waals surface area contributed by atoms with Crippen LogP contribution in [0.2, 0.25) is 10.0 Å². The highest BCUT2D eigenvalue weighted by molar-refractivity contribution is 6.39. The third kappa shape index (κ3) is 8.84. The fourth-order valence-corrected chi connectivity index (χ4v) is 7.71. The van der Waals surface area contributed by atoms with Crippen LogP contribution in [0.4, 0.5) is 9.59 Å². The molecule has 54 heavy (non-hydrogen) atoms. The summed E-state index contributed by atoms with van der Waals surface area (Å²) in [6, 6.07) is 18.1. The number of methoxy groups -OCH3 is 4. The predicted octanol–water partition coefficient (Wildman–Crippen LogP) is 7.44. The second-order valence-electron chi connectivity index (χ2n) is 13.3. The summed E-state index contributed by atoms with van der Waals surface area (Å²) < 4.78 is 21.2. The second-order valence-corrected chi connectivity index (χ2v) is 14.1. The summed E-state index contributed by atoms with van der Waals surface area (Å²) >= 11 is 14.2. The molecule has 2 aliphatic rings. The summed E-state index contributed by atoms with van der Waals surface area (Å²) in [6.07, 6.45) is 4.53. The van der Waals surface area contributed by atoms with Crippen LogP contribution in [0.1, 0.15) is 36.8 Å². The zero-order valence-corrected chi connectivity index (χ0v) is 32.5. The maximum atomic E-state index is 11.8. The molecule has 2 aliphatic heterocycles. The van der Waals surface area contributed by atoms with Gasteiger partial charge in [-0.15, -0.1) is 0 Å². The molecule has 12 nitrogen and oxygen atoms in total. The van der Waals surface area contributed by atoms with Crippen molar-refractivity contribution >= 4 is 35.4 Å². The molecule has 286 valence electrons. The number of likely N-dealkylation sites (tertiary alicyclic amines) is 2. The number of nitrogens with zero attached hydrogens (tertiary/aromatic N) is 4. The summed E-state index contributed by atoms with van der Waals surface area (Å²) in [7, 11) is 6.08. The Hall–Kier alpha value is -4.62. The molecule has 0 bridgehead atoms. The lowest BCUT2D eigenvalue weighted by atomic mass is 9.99. The lowest BCUT2D eigenvalue weighted by molar-refractivity contribution is 0.109. The summed E-state index contributed by atoms with van der Waals surface area (Å²) in [5.74, 6) is 1.23. The summed E-state index contributed by atoms with van der Waals surface area (Å²) in [4.78, 5) is 36.6. The molecule has 2 fully saturated rings. The Bertz CT molecular complexity index is 1810. The first-order chi connectivity index (χ1) is 26.2. The van der Waals surface area contributed by atoms with E-state index in [1.807, 2.05) is 54.6 Å². The number of hydrogen-bond acceptors (Lipinski definition) is 10. The van der Waals surface area contributed by atoms with Crippen molar-refractivity contribution in [2.24, 2.45) is 0 Å². The van der Waals surface area contributed by atoms with Crippen LogP contribution >= 0.6 is 23.2 Å². The van der Waals surface area contributed by atoms with E-state index in [0.717, 1.165) is 64.8 Å². The van der Waals surface area contributed by atoms with E-state index in [2.05, 4.69) is 15.6 Å². The Balaban J connectivity index is 1.16. The largest absolute Gasteiger partial charge is 0.496 e. The van der Waals surface area contributed by atoms with E-state index in [-0.39, 0.29) is 24.3 Å². The van der Waals surface area contributed by atoms with Crippen molar-refractivity contribution in [3.63, 3.8) is 0 Å². The Morgan fingerprint density at radius 1 is 0.722 bits per heavy atom. The van der Waals surface area contributed by atoms with Gasteiger partial charge in [-0.25, -0.2) is 14.6 Å². The van der Waals surface area contributed by atoms with Gasteiger partial charge in [-0.3, -0.25) is 4.98 Å². The lowest BCUT2D eigenvalue weighted by Gasteiger charge is -2.31. The number of nitrogens with one attached hydrogen (secondary N) is 2. The molecule has 2 saturated heterocycles. The van der Waals surface area contributed by atoms with Gasteiger partial charge in [-0.2, -0.15) is 0 Å². The highest BCUT2D eigenvalue weighted by Crippen LogP contribution is 2.42. The molecule has 0 radical (unpaired) electrons. The standard InChI is InChI=1S/C40H46Cl2N6O6/c1-51-34-22-25(8-9-26(34)23-44-28-13-18-47(19-14-28)39(49)53-3)37-36(42)31(12-17-43-37)30-6-5-7-32(35(30)41)33-11-10-27(38(46-33)52-2)24-45-29-15-20-48(21-16-29)40(50)54-4/h5-12,17,22,28-29,44-45H,13-16,18-21,23-24H2,1-4H3. The SMILES string of the molecule is COC(=O)N1CCC(NCc2ccc(-c3nccc(-c4cccc(-c5ccc(CNC6CCN(C(=O)OC)CC6)c(OC)n5)c4Cl)c3Cl)cc2OC)CC1. The molecule has 2 aromatic heterocycles. The van der Waals surface area contributed by atoms with Gasteiger partial charge in [0.15, 0.2) is 0 Å². The molecule has 2 amide bonds. The van der Waals surface area contributed by atoms with Crippen LogP contribution < -0.4 is 20.1 Å². The molecular formula is C40H46Cl2N6O6. The normalized spacial score (nSPS) is 15.2.